The first-order valence-electron chi connectivity index (χ1n) is 10.9. The van der Waals surface area contributed by atoms with Gasteiger partial charge in [0, 0.05) is 49.2 Å². The lowest BCUT2D eigenvalue weighted by molar-refractivity contribution is -0.137. The fourth-order valence-electron chi connectivity index (χ4n) is 5.16. The normalized spacial score (nSPS) is 19.8. The van der Waals surface area contributed by atoms with Crippen LogP contribution in [0.1, 0.15) is 40.0 Å². The zero-order chi connectivity index (χ0) is 24.7. The number of likely N-dealkylation sites (tertiary alicyclic amines) is 1. The van der Waals surface area contributed by atoms with Gasteiger partial charge in [0.2, 0.25) is 5.91 Å². The van der Waals surface area contributed by atoms with Crippen LogP contribution in [0.25, 0.3) is 0 Å². The summed E-state index contributed by atoms with van der Waals surface area (Å²) in [6.07, 6.45) is -2.04. The van der Waals surface area contributed by atoms with Gasteiger partial charge in [-0.2, -0.15) is 18.4 Å². The quantitative estimate of drug-likeness (QED) is 0.741. The monoisotopic (exact) mass is 471 g/mol. The molecule has 3 heterocycles. The number of halogens is 3. The van der Waals surface area contributed by atoms with E-state index in [4.69, 9.17) is 11.0 Å². The van der Waals surface area contributed by atoms with E-state index in [1.54, 1.807) is 41.1 Å². The number of primary amides is 1. The van der Waals surface area contributed by atoms with Gasteiger partial charge in [-0.05, 0) is 50.1 Å². The smallest absolute Gasteiger partial charge is 0.370 e. The molecule has 2 fully saturated rings. The second-order valence-corrected chi connectivity index (χ2v) is 8.97. The van der Waals surface area contributed by atoms with Crippen molar-refractivity contribution in [1.82, 2.24) is 9.88 Å². The number of benzene rings is 1. The number of hydrogen-bond donors (Lipinski definition) is 1. The van der Waals surface area contributed by atoms with E-state index in [0.29, 0.717) is 49.4 Å². The number of amides is 2. The maximum Gasteiger partial charge on any atom is 0.417 e. The number of aromatic nitrogens is 1. The molecule has 0 aliphatic carbocycles. The van der Waals surface area contributed by atoms with Gasteiger partial charge in [-0.3, -0.25) is 14.6 Å². The lowest BCUT2D eigenvalue weighted by Gasteiger charge is -2.41. The molecule has 2 saturated heterocycles. The molecule has 178 valence electrons. The number of nitrogens with two attached hydrogens (primary N) is 1. The molecule has 10 heteroatoms. The molecule has 1 aromatic carbocycles. The first kappa shape index (κ1) is 23.5. The summed E-state index contributed by atoms with van der Waals surface area (Å²) >= 11 is 0. The molecule has 1 atom stereocenters. The summed E-state index contributed by atoms with van der Waals surface area (Å²) in [6, 6.07) is 8.59. The van der Waals surface area contributed by atoms with Gasteiger partial charge in [-0.15, -0.1) is 0 Å². The Morgan fingerprint density at radius 3 is 2.53 bits per heavy atom. The topological polar surface area (TPSA) is 103 Å². The number of alkyl halides is 3. The van der Waals surface area contributed by atoms with Crippen LogP contribution in [0.4, 0.5) is 18.9 Å². The van der Waals surface area contributed by atoms with Crippen molar-refractivity contribution >= 4 is 17.5 Å². The number of nitriles is 1. The Morgan fingerprint density at radius 2 is 1.94 bits per heavy atom. The summed E-state index contributed by atoms with van der Waals surface area (Å²) in [6.45, 7) is 3.12. The molecule has 34 heavy (non-hydrogen) atoms. The van der Waals surface area contributed by atoms with Crippen LogP contribution in [-0.2, 0) is 11.0 Å². The highest BCUT2D eigenvalue weighted by Gasteiger charge is 2.51. The zero-order valence-electron chi connectivity index (χ0n) is 18.6. The van der Waals surface area contributed by atoms with Crippen LogP contribution in [0.3, 0.4) is 0 Å². The van der Waals surface area contributed by atoms with Gasteiger partial charge >= 0.3 is 6.18 Å². The summed E-state index contributed by atoms with van der Waals surface area (Å²) in [4.78, 5) is 32.9. The molecule has 0 radical (unpaired) electrons. The minimum Gasteiger partial charge on any atom is -0.370 e. The minimum atomic E-state index is -4.67. The van der Waals surface area contributed by atoms with Crippen LogP contribution in [0, 0.1) is 29.6 Å². The van der Waals surface area contributed by atoms with E-state index in [9.17, 15) is 22.8 Å². The zero-order valence-corrected chi connectivity index (χ0v) is 18.6. The summed E-state index contributed by atoms with van der Waals surface area (Å²) in [7, 11) is 0. The van der Waals surface area contributed by atoms with Crippen LogP contribution >= 0.6 is 0 Å². The molecule has 7 nitrogen and oxygen atoms in total. The third-order valence-corrected chi connectivity index (χ3v) is 7.07. The molecule has 2 aliphatic heterocycles. The molecular weight excluding hydrogens is 447 g/mol. The molecule has 2 N–H and O–H groups in total. The summed E-state index contributed by atoms with van der Waals surface area (Å²) in [5.41, 5.74) is 5.17. The van der Waals surface area contributed by atoms with Gasteiger partial charge < -0.3 is 15.5 Å². The van der Waals surface area contributed by atoms with E-state index in [0.717, 1.165) is 12.1 Å². The third kappa shape index (κ3) is 4.18. The maximum atomic E-state index is 13.5. The highest BCUT2D eigenvalue weighted by Crippen LogP contribution is 2.47. The molecule has 1 unspecified atom stereocenters. The van der Waals surface area contributed by atoms with Gasteiger partial charge in [-0.25, -0.2) is 0 Å². The Hall–Kier alpha value is -3.61. The van der Waals surface area contributed by atoms with Crippen LogP contribution < -0.4 is 10.6 Å². The van der Waals surface area contributed by atoms with Crippen molar-refractivity contribution in [2.75, 3.05) is 31.1 Å². The lowest BCUT2D eigenvalue weighted by atomic mass is 9.70. The Kier molecular flexibility index (Phi) is 5.98. The molecule has 0 bridgehead atoms. The van der Waals surface area contributed by atoms with E-state index in [2.05, 4.69) is 4.98 Å². The first-order chi connectivity index (χ1) is 16.1. The highest BCUT2D eigenvalue weighted by atomic mass is 19.4. The van der Waals surface area contributed by atoms with Crippen molar-refractivity contribution in [2.45, 2.75) is 25.9 Å². The fraction of sp³-hybridized carbons (Fsp3) is 0.417. The minimum absolute atomic E-state index is 0.132. The Morgan fingerprint density at radius 1 is 1.24 bits per heavy atom. The van der Waals surface area contributed by atoms with Crippen LogP contribution in [-0.4, -0.2) is 47.9 Å². The predicted octanol–water partition coefficient (Wildman–Crippen LogP) is 3.12. The van der Waals surface area contributed by atoms with Crippen molar-refractivity contribution in [2.24, 2.45) is 17.1 Å². The second kappa shape index (κ2) is 8.63. The van der Waals surface area contributed by atoms with E-state index in [-0.39, 0.29) is 12.5 Å². The number of piperidine rings is 1. The van der Waals surface area contributed by atoms with Crippen molar-refractivity contribution < 1.29 is 22.8 Å². The molecular formula is C24H24F3N5O2. The first-order valence-corrected chi connectivity index (χ1v) is 10.9. The largest absolute Gasteiger partial charge is 0.417 e. The number of hydrogen-bond acceptors (Lipinski definition) is 5. The van der Waals surface area contributed by atoms with Crippen LogP contribution in [0.5, 0.6) is 0 Å². The molecule has 1 aromatic heterocycles. The molecule has 1 spiro atoms. The summed E-state index contributed by atoms with van der Waals surface area (Å²) in [5, 5.41) is 9.06. The highest BCUT2D eigenvalue weighted by molar-refractivity contribution is 5.95. The number of pyridine rings is 1. The van der Waals surface area contributed by atoms with Crippen molar-refractivity contribution in [1.29, 1.82) is 5.26 Å². The number of anilines is 1. The van der Waals surface area contributed by atoms with Crippen LogP contribution in [0.2, 0.25) is 0 Å². The molecule has 2 amide bonds. The van der Waals surface area contributed by atoms with Gasteiger partial charge in [-0.1, -0.05) is 0 Å². The number of rotatable bonds is 3. The summed E-state index contributed by atoms with van der Waals surface area (Å²) in [5.74, 6) is -1.20. The predicted molar refractivity (Wildman–Crippen MR) is 118 cm³/mol. The van der Waals surface area contributed by atoms with E-state index in [1.807, 2.05) is 0 Å². The van der Waals surface area contributed by atoms with Gasteiger partial charge in [0.05, 0.1) is 28.7 Å². The average Bonchev–Trinajstić information content (AvgIpc) is 3.17. The second-order valence-electron chi connectivity index (χ2n) is 8.97. The van der Waals surface area contributed by atoms with Crippen molar-refractivity contribution in [3.8, 4) is 6.07 Å². The molecule has 4 rings (SSSR count). The Labute approximate surface area is 195 Å². The Bertz CT molecular complexity index is 1170. The van der Waals surface area contributed by atoms with Gasteiger partial charge in [0.15, 0.2) is 0 Å². The molecule has 2 aromatic rings. The van der Waals surface area contributed by atoms with Crippen LogP contribution in [0.15, 0.2) is 36.5 Å². The van der Waals surface area contributed by atoms with Crippen molar-refractivity contribution in [3.63, 3.8) is 0 Å². The molecule has 0 saturated carbocycles. The number of carbonyl (C=O) groups is 2. The standard InChI is InChI=1S/C24H24F3N5O2/c1-15-18(3-2-8-30-15)22(34)31-9-6-23(7-10-31)14-32(13-20(23)21(29)33)17-5-4-16(12-28)19(11-17)24(25,26)27/h2-5,8,11,20H,6-7,9-10,13-14H2,1H3,(H2,29,33). The Balaban J connectivity index is 1.56. The average molecular weight is 471 g/mol. The number of carbonyl (C=O) groups excluding carboxylic acids is 2. The summed E-state index contributed by atoms with van der Waals surface area (Å²) < 4.78 is 40.4. The number of aryl methyl sites for hydroxylation is 1. The van der Waals surface area contributed by atoms with Crippen molar-refractivity contribution in [3.05, 3.63) is 58.9 Å². The molecule has 2 aliphatic rings. The lowest BCUT2D eigenvalue weighted by Crippen LogP contribution is -2.49. The van der Waals surface area contributed by atoms with Gasteiger partial charge in [0.1, 0.15) is 0 Å². The van der Waals surface area contributed by atoms with E-state index >= 15 is 0 Å². The van der Waals surface area contributed by atoms with Gasteiger partial charge in [0.25, 0.3) is 5.91 Å². The SMILES string of the molecule is Cc1ncccc1C(=O)N1CCC2(CC1)CN(c1ccc(C#N)c(C(F)(F)F)c1)CC2C(N)=O. The number of nitrogens with zero attached hydrogens (tertiary/aromatic N) is 4. The maximum absolute atomic E-state index is 13.5. The third-order valence-electron chi connectivity index (χ3n) is 7.07. The van der Waals surface area contributed by atoms with E-state index in [1.165, 1.54) is 6.07 Å². The van der Waals surface area contributed by atoms with E-state index < -0.39 is 34.5 Å². The fourth-order valence-corrected chi connectivity index (χ4v) is 5.16.